The van der Waals surface area contributed by atoms with Crippen molar-refractivity contribution in [2.45, 2.75) is 32.7 Å². The van der Waals surface area contributed by atoms with E-state index in [0.29, 0.717) is 18.5 Å². The van der Waals surface area contributed by atoms with Crippen molar-refractivity contribution < 1.29 is 4.42 Å². The smallest absolute Gasteiger partial charge is 0.193 e. The zero-order valence-electron chi connectivity index (χ0n) is 14.9. The van der Waals surface area contributed by atoms with Gasteiger partial charge in [0, 0.05) is 45.0 Å². The number of nitrogens with zero attached hydrogens (tertiary/aromatic N) is 4. The van der Waals surface area contributed by atoms with Crippen molar-refractivity contribution in [3.8, 4) is 0 Å². The van der Waals surface area contributed by atoms with Gasteiger partial charge in [-0.05, 0) is 47.3 Å². The molecule has 25 heavy (non-hydrogen) atoms. The molecular formula is C18H26BrN5O. The lowest BCUT2D eigenvalue weighted by molar-refractivity contribution is 0.189. The van der Waals surface area contributed by atoms with E-state index in [2.05, 4.69) is 55.7 Å². The molecule has 2 atom stereocenters. The third-order valence-corrected chi connectivity index (χ3v) is 5.14. The second kappa shape index (κ2) is 8.56. The Morgan fingerprint density at radius 1 is 1.48 bits per heavy atom. The molecule has 7 heteroatoms. The van der Waals surface area contributed by atoms with Gasteiger partial charge in [0.25, 0.3) is 0 Å². The number of imidazole rings is 1. The minimum atomic E-state index is 0.432. The Kier molecular flexibility index (Phi) is 6.18. The molecule has 1 aliphatic rings. The van der Waals surface area contributed by atoms with Gasteiger partial charge < -0.3 is 19.2 Å². The molecule has 0 radical (unpaired) electrons. The molecule has 1 saturated heterocycles. The van der Waals surface area contributed by atoms with Crippen LogP contribution in [0.15, 0.2) is 44.9 Å². The van der Waals surface area contributed by atoms with E-state index in [-0.39, 0.29) is 0 Å². The minimum absolute atomic E-state index is 0.432. The maximum atomic E-state index is 5.55. The highest BCUT2D eigenvalue weighted by Gasteiger charge is 2.28. The van der Waals surface area contributed by atoms with E-state index in [4.69, 9.17) is 9.41 Å². The van der Waals surface area contributed by atoms with Crippen LogP contribution >= 0.6 is 15.9 Å². The summed E-state index contributed by atoms with van der Waals surface area (Å²) in [5.74, 6) is 2.58. The lowest BCUT2D eigenvalue weighted by Crippen LogP contribution is -2.49. The topological polar surface area (TPSA) is 58.6 Å². The Morgan fingerprint density at radius 3 is 3.04 bits per heavy atom. The molecule has 0 amide bonds. The van der Waals surface area contributed by atoms with Crippen LogP contribution in [-0.2, 0) is 6.42 Å². The fourth-order valence-corrected chi connectivity index (χ4v) is 3.62. The average molecular weight is 408 g/mol. The van der Waals surface area contributed by atoms with Crippen molar-refractivity contribution in [3.63, 3.8) is 0 Å². The number of aliphatic imine (C=N–C) groups is 1. The van der Waals surface area contributed by atoms with Crippen LogP contribution in [0.25, 0.3) is 0 Å². The summed E-state index contributed by atoms with van der Waals surface area (Å²) in [6.45, 7) is 8.00. The standard InChI is InChI=1S/C18H26BrN5O/c1-3-21-18(22-8-6-15-4-5-17(19)25-15)23-10-7-14(2)16(12-23)24-11-9-20-13-24/h4-5,9,11,13-14,16H,3,6-8,10,12H2,1-2H3,(H,21,22). The van der Waals surface area contributed by atoms with E-state index in [9.17, 15) is 0 Å². The normalized spacial score (nSPS) is 21.6. The molecule has 1 aliphatic heterocycles. The zero-order chi connectivity index (χ0) is 17.6. The number of aromatic nitrogens is 2. The van der Waals surface area contributed by atoms with Crippen molar-refractivity contribution in [2.75, 3.05) is 26.2 Å². The van der Waals surface area contributed by atoms with Crippen molar-refractivity contribution in [2.24, 2.45) is 10.9 Å². The molecule has 0 saturated carbocycles. The molecule has 2 aromatic heterocycles. The highest BCUT2D eigenvalue weighted by Crippen LogP contribution is 2.27. The van der Waals surface area contributed by atoms with Crippen molar-refractivity contribution in [3.05, 3.63) is 41.3 Å². The van der Waals surface area contributed by atoms with Gasteiger partial charge in [0.05, 0.1) is 12.4 Å². The number of guanidine groups is 1. The Bertz CT molecular complexity index is 681. The summed E-state index contributed by atoms with van der Waals surface area (Å²) in [7, 11) is 0. The Labute approximate surface area is 157 Å². The highest BCUT2D eigenvalue weighted by molar-refractivity contribution is 9.10. The molecule has 0 aromatic carbocycles. The fraction of sp³-hybridized carbons (Fsp3) is 0.556. The number of hydrogen-bond donors (Lipinski definition) is 1. The quantitative estimate of drug-likeness (QED) is 0.609. The van der Waals surface area contributed by atoms with Gasteiger partial charge in [-0.2, -0.15) is 0 Å². The molecule has 2 unspecified atom stereocenters. The van der Waals surface area contributed by atoms with Crippen LogP contribution in [0.4, 0.5) is 0 Å². The van der Waals surface area contributed by atoms with Crippen LogP contribution in [0.3, 0.4) is 0 Å². The number of nitrogens with one attached hydrogen (secondary N) is 1. The maximum absolute atomic E-state index is 5.55. The lowest BCUT2D eigenvalue weighted by Gasteiger charge is -2.39. The van der Waals surface area contributed by atoms with Crippen molar-refractivity contribution in [1.82, 2.24) is 19.8 Å². The number of rotatable bonds is 5. The largest absolute Gasteiger partial charge is 0.454 e. The Balaban J connectivity index is 1.65. The molecule has 136 valence electrons. The molecule has 0 bridgehead atoms. The van der Waals surface area contributed by atoms with Crippen molar-refractivity contribution >= 4 is 21.9 Å². The number of piperidine rings is 1. The van der Waals surface area contributed by atoms with Crippen LogP contribution in [0.1, 0.15) is 32.1 Å². The number of hydrogen-bond acceptors (Lipinski definition) is 3. The molecule has 1 fully saturated rings. The van der Waals surface area contributed by atoms with Crippen molar-refractivity contribution in [1.29, 1.82) is 0 Å². The van der Waals surface area contributed by atoms with Gasteiger partial charge in [0.15, 0.2) is 10.6 Å². The SMILES string of the molecule is CCNC(=NCCc1ccc(Br)o1)N1CCC(C)C(n2ccnc2)C1. The summed E-state index contributed by atoms with van der Waals surface area (Å²) in [5.41, 5.74) is 0. The molecule has 0 spiro atoms. The van der Waals surface area contributed by atoms with E-state index >= 15 is 0 Å². The maximum Gasteiger partial charge on any atom is 0.193 e. The van der Waals surface area contributed by atoms with Gasteiger partial charge in [-0.25, -0.2) is 4.98 Å². The van der Waals surface area contributed by atoms with Gasteiger partial charge in [-0.15, -0.1) is 0 Å². The molecule has 3 rings (SSSR count). The highest BCUT2D eigenvalue weighted by atomic mass is 79.9. The van der Waals surface area contributed by atoms with Gasteiger partial charge in [-0.1, -0.05) is 6.92 Å². The third-order valence-electron chi connectivity index (χ3n) is 4.71. The van der Waals surface area contributed by atoms with Crippen LogP contribution in [-0.4, -0.2) is 46.6 Å². The molecule has 2 aromatic rings. The lowest BCUT2D eigenvalue weighted by atomic mass is 9.93. The minimum Gasteiger partial charge on any atom is -0.454 e. The first-order valence-corrected chi connectivity index (χ1v) is 9.71. The van der Waals surface area contributed by atoms with Gasteiger partial charge >= 0.3 is 0 Å². The second-order valence-electron chi connectivity index (χ2n) is 6.48. The first kappa shape index (κ1) is 18.0. The predicted octanol–water partition coefficient (Wildman–Crippen LogP) is 3.33. The molecule has 1 N–H and O–H groups in total. The molecule has 3 heterocycles. The average Bonchev–Trinajstić information content (AvgIpc) is 3.26. The summed E-state index contributed by atoms with van der Waals surface area (Å²) < 4.78 is 8.55. The summed E-state index contributed by atoms with van der Waals surface area (Å²) in [6.07, 6.45) is 7.79. The van der Waals surface area contributed by atoms with E-state index in [1.54, 1.807) is 0 Å². The molecule has 6 nitrogen and oxygen atoms in total. The number of likely N-dealkylation sites (tertiary alicyclic amines) is 1. The van der Waals surface area contributed by atoms with Gasteiger partial charge in [-0.3, -0.25) is 4.99 Å². The summed E-state index contributed by atoms with van der Waals surface area (Å²) in [6, 6.07) is 4.34. The van der Waals surface area contributed by atoms with E-state index in [1.807, 2.05) is 24.7 Å². The van der Waals surface area contributed by atoms with E-state index in [0.717, 1.165) is 48.9 Å². The molecule has 0 aliphatic carbocycles. The summed E-state index contributed by atoms with van der Waals surface area (Å²) in [5, 5.41) is 3.44. The zero-order valence-corrected chi connectivity index (χ0v) is 16.4. The van der Waals surface area contributed by atoms with Crippen LogP contribution < -0.4 is 5.32 Å². The first-order chi connectivity index (χ1) is 12.2. The monoisotopic (exact) mass is 407 g/mol. The number of furan rings is 1. The third kappa shape index (κ3) is 4.66. The Morgan fingerprint density at radius 2 is 2.36 bits per heavy atom. The first-order valence-electron chi connectivity index (χ1n) is 8.92. The fourth-order valence-electron chi connectivity index (χ4n) is 3.28. The van der Waals surface area contributed by atoms with Crippen LogP contribution in [0, 0.1) is 5.92 Å². The van der Waals surface area contributed by atoms with E-state index < -0.39 is 0 Å². The van der Waals surface area contributed by atoms with Gasteiger partial charge in [0.2, 0.25) is 0 Å². The number of halogens is 1. The summed E-state index contributed by atoms with van der Waals surface area (Å²) in [4.78, 5) is 11.4. The van der Waals surface area contributed by atoms with Crippen LogP contribution in [0.5, 0.6) is 0 Å². The predicted molar refractivity (Wildman–Crippen MR) is 103 cm³/mol. The molecular weight excluding hydrogens is 382 g/mol. The van der Waals surface area contributed by atoms with Gasteiger partial charge in [0.1, 0.15) is 5.76 Å². The van der Waals surface area contributed by atoms with Crippen LogP contribution in [0.2, 0.25) is 0 Å². The Hall–Kier alpha value is -1.76. The summed E-state index contributed by atoms with van der Waals surface area (Å²) >= 11 is 3.34. The van der Waals surface area contributed by atoms with E-state index in [1.165, 1.54) is 0 Å². The second-order valence-corrected chi connectivity index (χ2v) is 7.26.